The van der Waals surface area contributed by atoms with E-state index in [9.17, 15) is 10.5 Å². The quantitative estimate of drug-likeness (QED) is 0.907. The molecule has 0 bridgehead atoms. The summed E-state index contributed by atoms with van der Waals surface area (Å²) < 4.78 is 5.56. The summed E-state index contributed by atoms with van der Waals surface area (Å²) in [4.78, 5) is 0. The highest BCUT2D eigenvalue weighted by atomic mass is 35.5. The number of nitriles is 2. The molecule has 0 amide bonds. The van der Waals surface area contributed by atoms with Crippen molar-refractivity contribution in [3.8, 4) is 12.1 Å². The van der Waals surface area contributed by atoms with E-state index in [1.54, 1.807) is 6.07 Å². The highest BCUT2D eigenvalue weighted by Gasteiger charge is 2.40. The fraction of sp³-hybridized carbons (Fsp3) is 0.250. The summed E-state index contributed by atoms with van der Waals surface area (Å²) in [5.74, 6) is 0.351. The molecule has 0 spiro atoms. The van der Waals surface area contributed by atoms with Crippen LogP contribution in [0.15, 0.2) is 47.1 Å². The molecule has 1 unspecified atom stereocenters. The molecule has 5 heteroatoms. The summed E-state index contributed by atoms with van der Waals surface area (Å²) in [7, 11) is 0. The van der Waals surface area contributed by atoms with Gasteiger partial charge in [0.25, 0.3) is 0 Å². The predicted molar refractivity (Wildman–Crippen MR) is 77.5 cm³/mol. The minimum absolute atomic E-state index is 0.0725. The molecule has 1 aliphatic heterocycles. The van der Waals surface area contributed by atoms with Gasteiger partial charge in [-0.2, -0.15) is 10.5 Å². The number of ether oxygens (including phenoxy) is 1. The first kappa shape index (κ1) is 13.5. The lowest BCUT2D eigenvalue weighted by molar-refractivity contribution is 0.260. The Morgan fingerprint density at radius 3 is 2.38 bits per heavy atom. The number of halogens is 1. The first-order valence-corrected chi connectivity index (χ1v) is 7.01. The number of rotatable bonds is 2. The molecule has 3 rings (SSSR count). The number of nitrogens with zero attached hydrogens (tertiary/aromatic N) is 2. The van der Waals surface area contributed by atoms with Crippen LogP contribution in [0.25, 0.3) is 0 Å². The molecule has 1 atom stereocenters. The van der Waals surface area contributed by atoms with Gasteiger partial charge in [-0.15, -0.1) is 0 Å². The van der Waals surface area contributed by atoms with Crippen LogP contribution in [0.2, 0.25) is 5.02 Å². The third-order valence-electron chi connectivity index (χ3n) is 3.73. The van der Waals surface area contributed by atoms with E-state index < -0.39 is 5.92 Å². The van der Waals surface area contributed by atoms with Crippen LogP contribution in [-0.2, 0) is 4.74 Å². The second-order valence-corrected chi connectivity index (χ2v) is 5.52. The molecule has 1 aromatic rings. The average molecular weight is 298 g/mol. The molecule has 21 heavy (non-hydrogen) atoms. The van der Waals surface area contributed by atoms with Crippen molar-refractivity contribution in [1.82, 2.24) is 0 Å². The third kappa shape index (κ3) is 2.24. The van der Waals surface area contributed by atoms with Gasteiger partial charge in [0.2, 0.25) is 5.88 Å². The maximum atomic E-state index is 9.56. The molecule has 1 fully saturated rings. The van der Waals surface area contributed by atoms with E-state index in [1.807, 2.05) is 18.2 Å². The lowest BCUT2D eigenvalue weighted by Gasteiger charge is -2.26. The zero-order valence-electron chi connectivity index (χ0n) is 11.1. The van der Waals surface area contributed by atoms with Crippen LogP contribution >= 0.6 is 11.6 Å². The maximum Gasteiger partial charge on any atom is 0.205 e. The van der Waals surface area contributed by atoms with Gasteiger partial charge < -0.3 is 10.5 Å². The summed E-state index contributed by atoms with van der Waals surface area (Å²) in [5.41, 5.74) is 7.27. The van der Waals surface area contributed by atoms with Crippen LogP contribution in [0.4, 0.5) is 0 Å². The van der Waals surface area contributed by atoms with Gasteiger partial charge in [-0.1, -0.05) is 29.8 Å². The second kappa shape index (κ2) is 5.16. The Morgan fingerprint density at radius 1 is 1.14 bits per heavy atom. The predicted octanol–water partition coefficient (Wildman–Crippen LogP) is 3.34. The van der Waals surface area contributed by atoms with Crippen molar-refractivity contribution in [2.75, 3.05) is 0 Å². The normalized spacial score (nSPS) is 21.6. The Hall–Kier alpha value is -2.43. The Morgan fingerprint density at radius 2 is 1.81 bits per heavy atom. The van der Waals surface area contributed by atoms with E-state index >= 15 is 0 Å². The number of nitrogens with two attached hydrogens (primary N) is 1. The molecule has 1 saturated carbocycles. The molecule has 2 aliphatic rings. The smallest absolute Gasteiger partial charge is 0.205 e. The molecule has 1 heterocycles. The largest absolute Gasteiger partial charge is 0.444 e. The Balaban J connectivity index is 2.21. The van der Waals surface area contributed by atoms with E-state index in [-0.39, 0.29) is 17.4 Å². The van der Waals surface area contributed by atoms with Gasteiger partial charge in [0.15, 0.2) is 0 Å². The number of hydrogen-bond acceptors (Lipinski definition) is 4. The SMILES string of the molecule is N#CC1=C(N)OC(C2CC2)=C(C#N)C1c1ccccc1Cl. The van der Waals surface area contributed by atoms with Crippen molar-refractivity contribution in [2.24, 2.45) is 11.7 Å². The van der Waals surface area contributed by atoms with Gasteiger partial charge in [0, 0.05) is 10.9 Å². The molecule has 0 radical (unpaired) electrons. The van der Waals surface area contributed by atoms with Crippen molar-refractivity contribution >= 4 is 11.6 Å². The first-order chi connectivity index (χ1) is 10.2. The van der Waals surface area contributed by atoms with Gasteiger partial charge in [0.05, 0.1) is 17.6 Å². The Kier molecular flexibility index (Phi) is 3.33. The second-order valence-electron chi connectivity index (χ2n) is 5.11. The maximum absolute atomic E-state index is 9.56. The van der Waals surface area contributed by atoms with Crippen molar-refractivity contribution in [3.63, 3.8) is 0 Å². The van der Waals surface area contributed by atoms with Crippen molar-refractivity contribution in [3.05, 3.63) is 57.6 Å². The van der Waals surface area contributed by atoms with Crippen LogP contribution in [0.3, 0.4) is 0 Å². The van der Waals surface area contributed by atoms with E-state index in [4.69, 9.17) is 22.1 Å². The average Bonchev–Trinajstić information content (AvgIpc) is 3.31. The highest BCUT2D eigenvalue weighted by molar-refractivity contribution is 6.31. The molecule has 1 aliphatic carbocycles. The van der Waals surface area contributed by atoms with Crippen molar-refractivity contribution in [2.45, 2.75) is 18.8 Å². The summed E-state index contributed by atoms with van der Waals surface area (Å²) in [6.45, 7) is 0. The van der Waals surface area contributed by atoms with Gasteiger partial charge in [-0.3, -0.25) is 0 Å². The van der Waals surface area contributed by atoms with Crippen LogP contribution in [0.5, 0.6) is 0 Å². The third-order valence-corrected chi connectivity index (χ3v) is 4.08. The fourth-order valence-corrected chi connectivity index (χ4v) is 2.81. The van der Waals surface area contributed by atoms with Gasteiger partial charge in [-0.25, -0.2) is 0 Å². The van der Waals surface area contributed by atoms with Crippen LogP contribution in [0.1, 0.15) is 24.3 Å². The topological polar surface area (TPSA) is 82.8 Å². The van der Waals surface area contributed by atoms with Gasteiger partial charge >= 0.3 is 0 Å². The summed E-state index contributed by atoms with van der Waals surface area (Å²) in [6, 6.07) is 11.4. The minimum Gasteiger partial charge on any atom is -0.444 e. The molecular weight excluding hydrogens is 286 g/mol. The lowest BCUT2D eigenvalue weighted by Crippen LogP contribution is -2.21. The van der Waals surface area contributed by atoms with Gasteiger partial charge in [0.1, 0.15) is 17.4 Å². The molecule has 4 nitrogen and oxygen atoms in total. The van der Waals surface area contributed by atoms with E-state index in [2.05, 4.69) is 12.1 Å². The molecule has 2 N–H and O–H groups in total. The van der Waals surface area contributed by atoms with Crippen LogP contribution in [-0.4, -0.2) is 0 Å². The van der Waals surface area contributed by atoms with E-state index in [0.29, 0.717) is 21.9 Å². The van der Waals surface area contributed by atoms with Crippen molar-refractivity contribution < 1.29 is 4.74 Å². The highest BCUT2D eigenvalue weighted by Crippen LogP contribution is 2.48. The van der Waals surface area contributed by atoms with E-state index in [1.165, 1.54) is 0 Å². The monoisotopic (exact) mass is 297 g/mol. The molecule has 0 saturated heterocycles. The minimum atomic E-state index is -0.543. The fourth-order valence-electron chi connectivity index (χ4n) is 2.57. The Bertz CT molecular complexity index is 748. The molecular formula is C16H12ClN3O. The van der Waals surface area contributed by atoms with Crippen LogP contribution < -0.4 is 5.73 Å². The van der Waals surface area contributed by atoms with Crippen molar-refractivity contribution in [1.29, 1.82) is 10.5 Å². The molecule has 1 aromatic carbocycles. The lowest BCUT2D eigenvalue weighted by atomic mass is 9.83. The first-order valence-electron chi connectivity index (χ1n) is 6.63. The molecule has 0 aromatic heterocycles. The summed E-state index contributed by atoms with van der Waals surface area (Å²) >= 11 is 6.25. The Labute approximate surface area is 127 Å². The number of benzene rings is 1. The number of hydrogen-bond donors (Lipinski definition) is 1. The van der Waals surface area contributed by atoms with Crippen LogP contribution in [0, 0.1) is 28.6 Å². The van der Waals surface area contributed by atoms with E-state index in [0.717, 1.165) is 12.8 Å². The molecule has 104 valence electrons. The zero-order valence-corrected chi connectivity index (χ0v) is 11.9. The zero-order chi connectivity index (χ0) is 15.0. The summed E-state index contributed by atoms with van der Waals surface area (Å²) in [5, 5.41) is 19.5. The van der Waals surface area contributed by atoms with Gasteiger partial charge in [-0.05, 0) is 24.5 Å². The standard InChI is InChI=1S/C16H12ClN3O/c17-13-4-2-1-3-10(13)14-11(7-18)15(9-5-6-9)21-16(20)12(14)8-19/h1-4,9,14H,5-6,20H2. The summed E-state index contributed by atoms with van der Waals surface area (Å²) in [6.07, 6.45) is 1.95. The number of allylic oxidation sites excluding steroid dienone is 3.